The Bertz CT molecular complexity index is 917. The molecule has 0 saturated carbocycles. The van der Waals surface area contributed by atoms with Crippen molar-refractivity contribution in [3.05, 3.63) is 47.3 Å². The maximum absolute atomic E-state index is 4.55. The van der Waals surface area contributed by atoms with Crippen molar-refractivity contribution in [1.29, 1.82) is 0 Å². The van der Waals surface area contributed by atoms with Crippen molar-refractivity contribution in [2.45, 2.75) is 0 Å². The number of aromatic nitrogens is 6. The number of halogens is 1. The molecule has 0 amide bonds. The molecule has 0 aromatic carbocycles. The smallest absolute Gasteiger partial charge is 0.235 e. The fraction of sp³-hybridized carbons (Fsp3) is 0. The van der Waals surface area contributed by atoms with Crippen LogP contribution >= 0.6 is 27.3 Å². The molecule has 21 heavy (non-hydrogen) atoms. The first-order chi connectivity index (χ1) is 10.3. The third kappa shape index (κ3) is 2.22. The van der Waals surface area contributed by atoms with Crippen LogP contribution in [0.15, 0.2) is 47.3 Å². The summed E-state index contributed by atoms with van der Waals surface area (Å²) >= 11 is 4.86. The summed E-state index contributed by atoms with van der Waals surface area (Å²) in [5.41, 5.74) is 1.68. The van der Waals surface area contributed by atoms with E-state index in [0.717, 1.165) is 25.7 Å². The monoisotopic (exact) mass is 358 g/mol. The Labute approximate surface area is 131 Å². The number of fused-ring (bicyclic) bond motifs is 1. The Hall–Kier alpha value is -2.19. The average molecular weight is 359 g/mol. The van der Waals surface area contributed by atoms with Crippen LogP contribution in [-0.2, 0) is 0 Å². The van der Waals surface area contributed by atoms with Crippen LogP contribution in [0.1, 0.15) is 0 Å². The van der Waals surface area contributed by atoms with Gasteiger partial charge < -0.3 is 0 Å². The normalized spacial score (nSPS) is 11.1. The second-order valence-electron chi connectivity index (χ2n) is 4.23. The molecular weight excluding hydrogens is 352 g/mol. The molecule has 0 fully saturated rings. The van der Waals surface area contributed by atoms with Crippen LogP contribution in [0.2, 0.25) is 0 Å². The fourth-order valence-electron chi connectivity index (χ4n) is 1.92. The van der Waals surface area contributed by atoms with E-state index in [4.69, 9.17) is 0 Å². The van der Waals surface area contributed by atoms with Crippen LogP contribution < -0.4 is 0 Å². The van der Waals surface area contributed by atoms with Gasteiger partial charge in [0.15, 0.2) is 10.8 Å². The van der Waals surface area contributed by atoms with Crippen molar-refractivity contribution in [3.63, 3.8) is 0 Å². The van der Waals surface area contributed by atoms with Crippen LogP contribution in [0.3, 0.4) is 0 Å². The minimum absolute atomic E-state index is 0.664. The predicted molar refractivity (Wildman–Crippen MR) is 82.8 cm³/mol. The van der Waals surface area contributed by atoms with Crippen molar-refractivity contribution >= 4 is 32.2 Å². The molecule has 4 rings (SSSR count). The van der Waals surface area contributed by atoms with Gasteiger partial charge in [0.1, 0.15) is 5.69 Å². The molecular formula is C13H7BrN6S. The first kappa shape index (κ1) is 12.5. The average Bonchev–Trinajstić information content (AvgIpc) is 3.08. The van der Waals surface area contributed by atoms with Crippen molar-refractivity contribution in [2.75, 3.05) is 0 Å². The summed E-state index contributed by atoms with van der Waals surface area (Å²) < 4.78 is 2.61. The van der Waals surface area contributed by atoms with E-state index in [9.17, 15) is 0 Å². The van der Waals surface area contributed by atoms with Gasteiger partial charge in [-0.25, -0.2) is 0 Å². The second-order valence-corrected chi connectivity index (χ2v) is 6.10. The molecule has 0 bridgehead atoms. The summed E-state index contributed by atoms with van der Waals surface area (Å²) in [5.74, 6) is 0.664. The standard InChI is InChI=1S/C13H7BrN6S/c14-9-5-8(6-15-7-9)11-17-18-13-20(11)19-12(21-13)10-3-1-2-4-16-10/h1-7H. The van der Waals surface area contributed by atoms with Gasteiger partial charge in [0, 0.05) is 28.6 Å². The minimum atomic E-state index is 0.664. The fourth-order valence-corrected chi connectivity index (χ4v) is 3.10. The van der Waals surface area contributed by atoms with Gasteiger partial charge in [-0.15, -0.1) is 10.2 Å². The molecule has 0 spiro atoms. The Morgan fingerprint density at radius 2 is 2.10 bits per heavy atom. The van der Waals surface area contributed by atoms with E-state index in [2.05, 4.69) is 41.2 Å². The van der Waals surface area contributed by atoms with Gasteiger partial charge in [-0.2, -0.15) is 9.61 Å². The van der Waals surface area contributed by atoms with Gasteiger partial charge in [-0.3, -0.25) is 9.97 Å². The van der Waals surface area contributed by atoms with E-state index in [1.54, 1.807) is 23.1 Å². The third-order valence-corrected chi connectivity index (χ3v) is 4.19. The van der Waals surface area contributed by atoms with E-state index in [1.807, 2.05) is 24.3 Å². The first-order valence-corrected chi connectivity index (χ1v) is 7.67. The number of hydrogen-bond acceptors (Lipinski definition) is 6. The van der Waals surface area contributed by atoms with Crippen LogP contribution in [0.5, 0.6) is 0 Å². The van der Waals surface area contributed by atoms with Crippen LogP contribution in [-0.4, -0.2) is 29.8 Å². The lowest BCUT2D eigenvalue weighted by molar-refractivity contribution is 0.965. The lowest BCUT2D eigenvalue weighted by atomic mass is 10.3. The van der Waals surface area contributed by atoms with E-state index in [1.165, 1.54) is 11.3 Å². The molecule has 0 N–H and O–H groups in total. The molecule has 4 heterocycles. The van der Waals surface area contributed by atoms with Crippen LogP contribution in [0, 0.1) is 0 Å². The zero-order valence-electron chi connectivity index (χ0n) is 10.5. The topological polar surface area (TPSA) is 68.9 Å². The summed E-state index contributed by atoms with van der Waals surface area (Å²) in [6, 6.07) is 7.67. The second kappa shape index (κ2) is 4.97. The van der Waals surface area contributed by atoms with Crippen molar-refractivity contribution in [2.24, 2.45) is 0 Å². The highest BCUT2D eigenvalue weighted by atomic mass is 79.9. The quantitative estimate of drug-likeness (QED) is 0.550. The molecule has 102 valence electrons. The maximum Gasteiger partial charge on any atom is 0.235 e. The Balaban J connectivity index is 1.87. The summed E-state index contributed by atoms with van der Waals surface area (Å²) in [4.78, 5) is 9.18. The zero-order valence-corrected chi connectivity index (χ0v) is 12.9. The zero-order chi connectivity index (χ0) is 14.2. The lowest BCUT2D eigenvalue weighted by Crippen LogP contribution is -1.92. The van der Waals surface area contributed by atoms with E-state index < -0.39 is 0 Å². The van der Waals surface area contributed by atoms with E-state index in [-0.39, 0.29) is 0 Å². The summed E-state index contributed by atoms with van der Waals surface area (Å²) in [5, 5.41) is 13.7. The Morgan fingerprint density at radius 1 is 1.14 bits per heavy atom. The summed E-state index contributed by atoms with van der Waals surface area (Å²) in [6.45, 7) is 0. The molecule has 0 unspecified atom stereocenters. The van der Waals surface area contributed by atoms with Crippen molar-refractivity contribution in [3.8, 4) is 22.1 Å². The SMILES string of the molecule is Brc1cncc(-c2nnc3sc(-c4ccccn4)nn23)c1. The maximum atomic E-state index is 4.55. The molecule has 0 saturated heterocycles. The van der Waals surface area contributed by atoms with E-state index in [0.29, 0.717) is 5.82 Å². The van der Waals surface area contributed by atoms with Gasteiger partial charge in [0.05, 0.1) is 0 Å². The first-order valence-electron chi connectivity index (χ1n) is 6.06. The molecule has 4 aromatic rings. The van der Waals surface area contributed by atoms with Crippen LogP contribution in [0.25, 0.3) is 27.1 Å². The summed E-state index contributed by atoms with van der Waals surface area (Å²) in [6.07, 6.45) is 5.21. The van der Waals surface area contributed by atoms with Crippen LogP contribution in [0.4, 0.5) is 0 Å². The molecule has 0 radical (unpaired) electrons. The van der Waals surface area contributed by atoms with Gasteiger partial charge in [0.25, 0.3) is 0 Å². The molecule has 0 aliphatic carbocycles. The number of pyridine rings is 2. The third-order valence-electron chi connectivity index (χ3n) is 2.84. The summed E-state index contributed by atoms with van der Waals surface area (Å²) in [7, 11) is 0. The highest BCUT2D eigenvalue weighted by molar-refractivity contribution is 9.10. The Kier molecular flexibility index (Phi) is 2.97. The lowest BCUT2D eigenvalue weighted by Gasteiger charge is -1.97. The number of nitrogens with zero attached hydrogens (tertiary/aromatic N) is 6. The van der Waals surface area contributed by atoms with Crippen molar-refractivity contribution in [1.82, 2.24) is 29.8 Å². The minimum Gasteiger partial charge on any atom is -0.263 e. The van der Waals surface area contributed by atoms with Gasteiger partial charge in [-0.1, -0.05) is 17.4 Å². The predicted octanol–water partition coefficient (Wildman–Crippen LogP) is 3.07. The molecule has 0 atom stereocenters. The number of rotatable bonds is 2. The molecule has 8 heteroatoms. The molecule has 0 aliphatic rings. The molecule has 0 aliphatic heterocycles. The van der Waals surface area contributed by atoms with E-state index >= 15 is 0 Å². The molecule has 6 nitrogen and oxygen atoms in total. The highest BCUT2D eigenvalue weighted by Gasteiger charge is 2.15. The van der Waals surface area contributed by atoms with Gasteiger partial charge >= 0.3 is 0 Å². The largest absolute Gasteiger partial charge is 0.263 e. The van der Waals surface area contributed by atoms with Gasteiger partial charge in [-0.05, 0) is 34.1 Å². The van der Waals surface area contributed by atoms with Crippen molar-refractivity contribution < 1.29 is 0 Å². The number of hydrogen-bond donors (Lipinski definition) is 0. The van der Waals surface area contributed by atoms with Gasteiger partial charge in [0.2, 0.25) is 4.96 Å². The molecule has 4 aromatic heterocycles. The Morgan fingerprint density at radius 3 is 2.90 bits per heavy atom. The highest BCUT2D eigenvalue weighted by Crippen LogP contribution is 2.27.